The molecule has 3 N–H and O–H groups in total. The number of benzene rings is 2. The molecule has 1 heterocycles. The Morgan fingerprint density at radius 2 is 1.83 bits per heavy atom. The first-order valence-corrected chi connectivity index (χ1v) is 9.95. The molecule has 2 amide bonds. The van der Waals surface area contributed by atoms with E-state index in [2.05, 4.69) is 20.8 Å². The molecule has 0 fully saturated rings. The molecule has 0 atom stereocenters. The van der Waals surface area contributed by atoms with Gasteiger partial charge in [0, 0.05) is 22.8 Å². The highest BCUT2D eigenvalue weighted by atomic mass is 35.5. The van der Waals surface area contributed by atoms with Crippen molar-refractivity contribution in [2.24, 2.45) is 0 Å². The van der Waals surface area contributed by atoms with Crippen LogP contribution in [-0.4, -0.2) is 39.7 Å². The summed E-state index contributed by atoms with van der Waals surface area (Å²) in [6.45, 7) is 2.31. The summed E-state index contributed by atoms with van der Waals surface area (Å²) in [5.41, 5.74) is 1.38. The Labute approximate surface area is 183 Å². The smallest absolute Gasteiger partial charge is 0.257 e. The number of aromatic nitrogens is 3. The number of aromatic amines is 1. The highest BCUT2D eigenvalue weighted by Gasteiger charge is 2.13. The third-order valence-electron chi connectivity index (χ3n) is 4.04. The maximum Gasteiger partial charge on any atom is 0.257 e. The van der Waals surface area contributed by atoms with Crippen molar-refractivity contribution in [1.29, 1.82) is 0 Å². The Morgan fingerprint density at radius 3 is 2.50 bits per heavy atom. The van der Waals surface area contributed by atoms with E-state index < -0.39 is 0 Å². The first-order valence-electron chi connectivity index (χ1n) is 9.17. The van der Waals surface area contributed by atoms with Gasteiger partial charge in [-0.05, 0) is 67.7 Å². The number of nitrogens with one attached hydrogen (secondary N) is 3. The summed E-state index contributed by atoms with van der Waals surface area (Å²) < 4.78 is 7.34. The van der Waals surface area contributed by atoms with E-state index in [0.29, 0.717) is 33.6 Å². The quantitative estimate of drug-likeness (QED) is 0.461. The number of likely N-dealkylation sites (N-methyl/N-ethyl adjacent to an activating group) is 1. The summed E-state index contributed by atoms with van der Waals surface area (Å²) in [5, 5.41) is 13.0. The molecule has 0 unspecified atom stereocenters. The van der Waals surface area contributed by atoms with E-state index in [1.807, 2.05) is 6.92 Å². The minimum absolute atomic E-state index is 0.0112. The molecule has 10 heteroatoms. The maximum absolute atomic E-state index is 12.5. The SMILES string of the molecule is CCNC(=O)COc1ccc(NC(=O)Cn2c(-c3ccc(Cl)cc3)n[nH]c2=S)cc1. The number of hydrogen-bond donors (Lipinski definition) is 3. The normalized spacial score (nSPS) is 10.5. The Bertz CT molecular complexity index is 1080. The number of carbonyl (C=O) groups excluding carboxylic acids is 2. The summed E-state index contributed by atoms with van der Waals surface area (Å²) >= 11 is 11.2. The zero-order valence-electron chi connectivity index (χ0n) is 16.1. The second kappa shape index (κ2) is 10.0. The molecule has 2 aromatic carbocycles. The third kappa shape index (κ3) is 5.68. The van der Waals surface area contributed by atoms with Gasteiger partial charge in [0.1, 0.15) is 12.3 Å². The minimum Gasteiger partial charge on any atom is -0.484 e. The van der Waals surface area contributed by atoms with Gasteiger partial charge >= 0.3 is 0 Å². The zero-order valence-corrected chi connectivity index (χ0v) is 17.7. The average molecular weight is 446 g/mol. The van der Waals surface area contributed by atoms with Crippen LogP contribution in [0.3, 0.4) is 0 Å². The molecule has 0 aliphatic heterocycles. The summed E-state index contributed by atoms with van der Waals surface area (Å²) in [4.78, 5) is 24.0. The number of rotatable bonds is 8. The molecule has 8 nitrogen and oxygen atoms in total. The van der Waals surface area contributed by atoms with Gasteiger partial charge in [0.2, 0.25) is 5.91 Å². The minimum atomic E-state index is -0.265. The van der Waals surface area contributed by atoms with E-state index in [0.717, 1.165) is 5.56 Å². The predicted octanol–water partition coefficient (Wildman–Crippen LogP) is 3.41. The fourth-order valence-electron chi connectivity index (χ4n) is 2.66. The Kier molecular flexibility index (Phi) is 7.21. The summed E-state index contributed by atoms with van der Waals surface area (Å²) in [7, 11) is 0. The van der Waals surface area contributed by atoms with Gasteiger partial charge in [-0.25, -0.2) is 0 Å². The van der Waals surface area contributed by atoms with Crippen LogP contribution in [0.15, 0.2) is 48.5 Å². The highest BCUT2D eigenvalue weighted by Crippen LogP contribution is 2.20. The van der Waals surface area contributed by atoms with Crippen molar-refractivity contribution in [3.63, 3.8) is 0 Å². The van der Waals surface area contributed by atoms with Crippen LogP contribution in [0.1, 0.15) is 6.92 Å². The Balaban J connectivity index is 1.62. The average Bonchev–Trinajstić information content (AvgIpc) is 3.08. The summed E-state index contributed by atoms with van der Waals surface area (Å²) in [5.74, 6) is 0.615. The predicted molar refractivity (Wildman–Crippen MR) is 117 cm³/mol. The molecule has 3 rings (SSSR count). The Morgan fingerprint density at radius 1 is 1.13 bits per heavy atom. The van der Waals surface area contributed by atoms with E-state index >= 15 is 0 Å². The second-order valence-corrected chi connectivity index (χ2v) is 7.08. The molecular formula is C20H20ClN5O3S. The largest absolute Gasteiger partial charge is 0.484 e. The van der Waals surface area contributed by atoms with E-state index in [1.165, 1.54) is 0 Å². The zero-order chi connectivity index (χ0) is 21.5. The lowest BCUT2D eigenvalue weighted by Crippen LogP contribution is -2.28. The lowest BCUT2D eigenvalue weighted by atomic mass is 10.2. The number of nitrogens with zero attached hydrogens (tertiary/aromatic N) is 2. The van der Waals surface area contributed by atoms with Crippen molar-refractivity contribution >= 4 is 41.3 Å². The molecule has 3 aromatic rings. The van der Waals surface area contributed by atoms with Crippen LogP contribution in [0.4, 0.5) is 5.69 Å². The van der Waals surface area contributed by atoms with Gasteiger partial charge in [-0.15, -0.1) is 0 Å². The molecule has 0 radical (unpaired) electrons. The van der Waals surface area contributed by atoms with Gasteiger partial charge in [0.25, 0.3) is 5.91 Å². The highest BCUT2D eigenvalue weighted by molar-refractivity contribution is 7.71. The molecular weight excluding hydrogens is 426 g/mol. The van der Waals surface area contributed by atoms with Crippen LogP contribution in [0.5, 0.6) is 5.75 Å². The van der Waals surface area contributed by atoms with Crippen molar-refractivity contribution in [2.45, 2.75) is 13.5 Å². The number of amides is 2. The van der Waals surface area contributed by atoms with E-state index in [-0.39, 0.29) is 25.0 Å². The molecule has 0 aliphatic carbocycles. The number of anilines is 1. The van der Waals surface area contributed by atoms with Gasteiger partial charge in [0.15, 0.2) is 17.2 Å². The van der Waals surface area contributed by atoms with E-state index in [4.69, 9.17) is 28.6 Å². The van der Waals surface area contributed by atoms with Gasteiger partial charge in [-0.3, -0.25) is 19.3 Å². The molecule has 0 bridgehead atoms. The lowest BCUT2D eigenvalue weighted by Gasteiger charge is -2.10. The lowest BCUT2D eigenvalue weighted by molar-refractivity contribution is -0.123. The number of carbonyl (C=O) groups is 2. The van der Waals surface area contributed by atoms with Crippen molar-refractivity contribution in [3.05, 3.63) is 58.3 Å². The first kappa shape index (κ1) is 21.5. The van der Waals surface area contributed by atoms with Crippen LogP contribution in [0, 0.1) is 4.77 Å². The van der Waals surface area contributed by atoms with Gasteiger partial charge < -0.3 is 15.4 Å². The number of hydrogen-bond acceptors (Lipinski definition) is 5. The second-order valence-electron chi connectivity index (χ2n) is 6.26. The summed E-state index contributed by atoms with van der Waals surface area (Å²) in [6.07, 6.45) is 0. The molecule has 0 saturated heterocycles. The van der Waals surface area contributed by atoms with Gasteiger partial charge in [-0.2, -0.15) is 5.10 Å². The number of ether oxygens (including phenoxy) is 1. The van der Waals surface area contributed by atoms with Crippen molar-refractivity contribution in [3.8, 4) is 17.1 Å². The van der Waals surface area contributed by atoms with Crippen LogP contribution in [-0.2, 0) is 16.1 Å². The van der Waals surface area contributed by atoms with Gasteiger partial charge in [-0.1, -0.05) is 11.6 Å². The molecule has 0 aliphatic rings. The fourth-order valence-corrected chi connectivity index (χ4v) is 2.98. The van der Waals surface area contributed by atoms with Gasteiger partial charge in [0.05, 0.1) is 0 Å². The van der Waals surface area contributed by atoms with Crippen molar-refractivity contribution in [1.82, 2.24) is 20.1 Å². The third-order valence-corrected chi connectivity index (χ3v) is 4.61. The standard InChI is InChI=1S/C20H20ClN5O3S/c1-2-22-18(28)12-29-16-9-7-15(8-10-16)23-17(27)11-26-19(24-25-20(26)30)13-3-5-14(21)6-4-13/h3-10H,2,11-12H2,1H3,(H,22,28)(H,23,27)(H,25,30). The van der Waals surface area contributed by atoms with Crippen LogP contribution >= 0.6 is 23.8 Å². The monoisotopic (exact) mass is 445 g/mol. The van der Waals surface area contributed by atoms with Crippen LogP contribution in [0.25, 0.3) is 11.4 Å². The number of halogens is 1. The van der Waals surface area contributed by atoms with E-state index in [9.17, 15) is 9.59 Å². The van der Waals surface area contributed by atoms with Crippen LogP contribution in [0.2, 0.25) is 5.02 Å². The molecule has 30 heavy (non-hydrogen) atoms. The summed E-state index contributed by atoms with van der Waals surface area (Å²) in [6, 6.07) is 13.8. The maximum atomic E-state index is 12.5. The van der Waals surface area contributed by atoms with Crippen molar-refractivity contribution < 1.29 is 14.3 Å². The Hall–Kier alpha value is -3.17. The fraction of sp³-hybridized carbons (Fsp3) is 0.200. The first-order chi connectivity index (χ1) is 14.5. The molecule has 0 saturated carbocycles. The van der Waals surface area contributed by atoms with Crippen molar-refractivity contribution in [2.75, 3.05) is 18.5 Å². The number of H-pyrrole nitrogens is 1. The topological polar surface area (TPSA) is 101 Å². The molecule has 156 valence electrons. The van der Waals surface area contributed by atoms with Crippen LogP contribution < -0.4 is 15.4 Å². The van der Waals surface area contributed by atoms with E-state index in [1.54, 1.807) is 53.1 Å². The molecule has 1 aromatic heterocycles. The molecule has 0 spiro atoms.